The van der Waals surface area contributed by atoms with Gasteiger partial charge in [-0.05, 0) is 50.6 Å². The van der Waals surface area contributed by atoms with Crippen LogP contribution in [0.4, 0.5) is 5.69 Å². The second kappa shape index (κ2) is 6.48. The summed E-state index contributed by atoms with van der Waals surface area (Å²) in [7, 11) is 1.94. The number of rotatable bonds is 3. The van der Waals surface area contributed by atoms with E-state index in [-0.39, 0.29) is 11.8 Å². The van der Waals surface area contributed by atoms with E-state index in [0.717, 1.165) is 44.6 Å². The summed E-state index contributed by atoms with van der Waals surface area (Å²) >= 11 is 0. The average molecular weight is 301 g/mol. The molecule has 2 saturated heterocycles. The van der Waals surface area contributed by atoms with Crippen molar-refractivity contribution < 1.29 is 9.59 Å². The van der Waals surface area contributed by atoms with Crippen LogP contribution in [0.3, 0.4) is 0 Å². The van der Waals surface area contributed by atoms with Crippen molar-refractivity contribution in [3.05, 3.63) is 29.8 Å². The van der Waals surface area contributed by atoms with E-state index in [9.17, 15) is 9.59 Å². The predicted molar refractivity (Wildman–Crippen MR) is 86.0 cm³/mol. The van der Waals surface area contributed by atoms with Gasteiger partial charge in [0, 0.05) is 43.3 Å². The first kappa shape index (κ1) is 15.0. The van der Waals surface area contributed by atoms with Crippen LogP contribution >= 0.6 is 0 Å². The normalized spacial score (nSPS) is 22.2. The molecule has 2 aliphatic heterocycles. The Kier molecular flexibility index (Phi) is 4.43. The van der Waals surface area contributed by atoms with Gasteiger partial charge in [-0.2, -0.15) is 0 Å². The minimum Gasteiger partial charge on any atom is -0.337 e. The summed E-state index contributed by atoms with van der Waals surface area (Å²) < 4.78 is 0. The van der Waals surface area contributed by atoms with Crippen LogP contribution in [0.15, 0.2) is 24.3 Å². The molecule has 3 rings (SSSR count). The van der Waals surface area contributed by atoms with E-state index in [1.54, 1.807) is 4.90 Å². The van der Waals surface area contributed by atoms with Crippen molar-refractivity contribution in [3.63, 3.8) is 0 Å². The second-order valence-corrected chi connectivity index (χ2v) is 6.07. The Labute approximate surface area is 131 Å². The first-order valence-corrected chi connectivity index (χ1v) is 8.06. The fourth-order valence-corrected chi connectivity index (χ4v) is 3.28. The molecule has 1 aromatic rings. The summed E-state index contributed by atoms with van der Waals surface area (Å²) in [4.78, 5) is 28.0. The zero-order chi connectivity index (χ0) is 15.5. The van der Waals surface area contributed by atoms with E-state index in [1.165, 1.54) is 0 Å². The molecule has 1 unspecified atom stereocenters. The molecule has 5 heteroatoms. The Morgan fingerprint density at radius 1 is 1.18 bits per heavy atom. The first-order valence-electron chi connectivity index (χ1n) is 8.06. The monoisotopic (exact) mass is 301 g/mol. The fourth-order valence-electron chi connectivity index (χ4n) is 3.28. The zero-order valence-corrected chi connectivity index (χ0v) is 13.0. The van der Waals surface area contributed by atoms with Crippen molar-refractivity contribution in [2.75, 3.05) is 31.6 Å². The van der Waals surface area contributed by atoms with Crippen LogP contribution in [0, 0.1) is 0 Å². The first-order chi connectivity index (χ1) is 10.7. The number of piperidine rings is 1. The molecular weight excluding hydrogens is 278 g/mol. The van der Waals surface area contributed by atoms with Gasteiger partial charge in [0.25, 0.3) is 5.91 Å². The standard InChI is InChI=1S/C17H23N3O2/c1-18-14-4-2-10-19(12-14)17(22)13-6-8-15(9-7-13)20-11-3-5-16(20)21/h6-9,14,18H,2-5,10-12H2,1H3. The summed E-state index contributed by atoms with van der Waals surface area (Å²) in [6, 6.07) is 7.84. The number of carbonyl (C=O) groups is 2. The van der Waals surface area contributed by atoms with Crippen LogP contribution in [0.1, 0.15) is 36.0 Å². The van der Waals surface area contributed by atoms with E-state index >= 15 is 0 Å². The summed E-state index contributed by atoms with van der Waals surface area (Å²) in [5.74, 6) is 0.256. The number of amides is 2. The van der Waals surface area contributed by atoms with Crippen LogP contribution in [-0.4, -0.2) is 49.4 Å². The van der Waals surface area contributed by atoms with Gasteiger partial charge in [-0.1, -0.05) is 0 Å². The van der Waals surface area contributed by atoms with Gasteiger partial charge < -0.3 is 15.1 Å². The maximum atomic E-state index is 12.6. The summed E-state index contributed by atoms with van der Waals surface area (Å²) in [5.41, 5.74) is 1.60. The number of benzene rings is 1. The number of nitrogens with one attached hydrogen (secondary N) is 1. The van der Waals surface area contributed by atoms with Gasteiger partial charge in [-0.25, -0.2) is 0 Å². The number of hydrogen-bond acceptors (Lipinski definition) is 3. The maximum Gasteiger partial charge on any atom is 0.253 e. The molecule has 0 bridgehead atoms. The van der Waals surface area contributed by atoms with Crippen molar-refractivity contribution in [1.82, 2.24) is 10.2 Å². The van der Waals surface area contributed by atoms with Gasteiger partial charge in [0.05, 0.1) is 0 Å². The maximum absolute atomic E-state index is 12.6. The molecule has 5 nitrogen and oxygen atoms in total. The molecule has 0 aliphatic carbocycles. The lowest BCUT2D eigenvalue weighted by Gasteiger charge is -2.32. The molecule has 1 N–H and O–H groups in total. The quantitative estimate of drug-likeness (QED) is 0.923. The number of hydrogen-bond donors (Lipinski definition) is 1. The van der Waals surface area contributed by atoms with Crippen molar-refractivity contribution in [3.8, 4) is 0 Å². The number of likely N-dealkylation sites (N-methyl/N-ethyl adjacent to an activating group) is 1. The molecule has 2 aliphatic rings. The van der Waals surface area contributed by atoms with Crippen molar-refractivity contribution >= 4 is 17.5 Å². The van der Waals surface area contributed by atoms with E-state index in [1.807, 2.05) is 36.2 Å². The topological polar surface area (TPSA) is 52.7 Å². The fraction of sp³-hybridized carbons (Fsp3) is 0.529. The van der Waals surface area contributed by atoms with Crippen molar-refractivity contribution in [2.45, 2.75) is 31.7 Å². The van der Waals surface area contributed by atoms with Gasteiger partial charge in [0.1, 0.15) is 0 Å². The predicted octanol–water partition coefficient (Wildman–Crippen LogP) is 1.64. The third kappa shape index (κ3) is 2.99. The van der Waals surface area contributed by atoms with Crippen LogP contribution < -0.4 is 10.2 Å². The highest BCUT2D eigenvalue weighted by Crippen LogP contribution is 2.22. The highest BCUT2D eigenvalue weighted by molar-refractivity contribution is 5.97. The van der Waals surface area contributed by atoms with E-state index in [2.05, 4.69) is 5.32 Å². The largest absolute Gasteiger partial charge is 0.337 e. The Bertz CT molecular complexity index is 556. The number of anilines is 1. The minimum atomic E-state index is 0.0826. The Morgan fingerprint density at radius 3 is 2.59 bits per heavy atom. The van der Waals surface area contributed by atoms with Gasteiger partial charge in [-0.15, -0.1) is 0 Å². The third-order valence-corrected chi connectivity index (χ3v) is 4.62. The second-order valence-electron chi connectivity index (χ2n) is 6.07. The molecule has 2 amide bonds. The average Bonchev–Trinajstić information content (AvgIpc) is 3.00. The van der Waals surface area contributed by atoms with Crippen molar-refractivity contribution in [2.24, 2.45) is 0 Å². The van der Waals surface area contributed by atoms with Crippen molar-refractivity contribution in [1.29, 1.82) is 0 Å². The van der Waals surface area contributed by atoms with Gasteiger partial charge in [-0.3, -0.25) is 9.59 Å². The van der Waals surface area contributed by atoms with Gasteiger partial charge in [0.2, 0.25) is 5.91 Å². The molecule has 22 heavy (non-hydrogen) atoms. The molecule has 1 aromatic carbocycles. The van der Waals surface area contributed by atoms with Gasteiger partial charge in [0.15, 0.2) is 0 Å². The smallest absolute Gasteiger partial charge is 0.253 e. The highest BCUT2D eigenvalue weighted by Gasteiger charge is 2.25. The zero-order valence-electron chi connectivity index (χ0n) is 13.0. The molecule has 0 spiro atoms. The molecule has 2 fully saturated rings. The summed E-state index contributed by atoms with van der Waals surface area (Å²) in [5, 5.41) is 3.25. The molecule has 1 atom stereocenters. The molecule has 118 valence electrons. The molecule has 0 aromatic heterocycles. The SMILES string of the molecule is CNC1CCCN(C(=O)c2ccc(N3CCCC3=O)cc2)C1. The molecule has 2 heterocycles. The van der Waals surface area contributed by atoms with Gasteiger partial charge >= 0.3 is 0 Å². The highest BCUT2D eigenvalue weighted by atomic mass is 16.2. The number of likely N-dealkylation sites (tertiary alicyclic amines) is 1. The lowest BCUT2D eigenvalue weighted by Crippen LogP contribution is -2.46. The molecular formula is C17H23N3O2. The van der Waals surface area contributed by atoms with Crippen LogP contribution in [0.25, 0.3) is 0 Å². The Morgan fingerprint density at radius 2 is 1.95 bits per heavy atom. The van der Waals surface area contributed by atoms with E-state index < -0.39 is 0 Å². The lowest BCUT2D eigenvalue weighted by molar-refractivity contribution is -0.117. The minimum absolute atomic E-state index is 0.0826. The van der Waals surface area contributed by atoms with Crippen LogP contribution in [0.5, 0.6) is 0 Å². The summed E-state index contributed by atoms with van der Waals surface area (Å²) in [6.07, 6.45) is 3.70. The summed E-state index contributed by atoms with van der Waals surface area (Å²) in [6.45, 7) is 2.37. The third-order valence-electron chi connectivity index (χ3n) is 4.62. The van der Waals surface area contributed by atoms with E-state index in [4.69, 9.17) is 0 Å². The number of nitrogens with zero attached hydrogens (tertiary/aromatic N) is 2. The van der Waals surface area contributed by atoms with Crippen LogP contribution in [0.2, 0.25) is 0 Å². The molecule has 0 radical (unpaired) electrons. The number of carbonyl (C=O) groups excluding carboxylic acids is 2. The van der Waals surface area contributed by atoms with E-state index in [0.29, 0.717) is 18.0 Å². The van der Waals surface area contributed by atoms with Crippen LogP contribution in [-0.2, 0) is 4.79 Å². The molecule has 0 saturated carbocycles. The Hall–Kier alpha value is -1.88. The lowest BCUT2D eigenvalue weighted by atomic mass is 10.0. The Balaban J connectivity index is 1.69.